The largest absolute Gasteiger partial charge is 0.384 e. The molecule has 0 saturated carbocycles. The van der Waals surface area contributed by atoms with Crippen LogP contribution in [0.2, 0.25) is 0 Å². The molecule has 5 nitrogen and oxygen atoms in total. The van der Waals surface area contributed by atoms with E-state index in [0.29, 0.717) is 31.2 Å². The summed E-state index contributed by atoms with van der Waals surface area (Å²) >= 11 is 0. The normalized spacial score (nSPS) is 17.0. The first-order chi connectivity index (χ1) is 9.91. The van der Waals surface area contributed by atoms with Crippen molar-refractivity contribution < 1.29 is 17.9 Å². The zero-order chi connectivity index (χ0) is 15.5. The molecule has 1 amide bonds. The average Bonchev–Trinajstić information content (AvgIpc) is 2.47. The van der Waals surface area contributed by atoms with Gasteiger partial charge in [0.1, 0.15) is 0 Å². The second kappa shape index (κ2) is 6.77. The molecule has 0 aliphatic carbocycles. The second-order valence-electron chi connectivity index (χ2n) is 5.16. The molecule has 0 bridgehead atoms. The molecule has 0 aromatic heterocycles. The van der Waals surface area contributed by atoms with Crippen molar-refractivity contribution in [2.75, 3.05) is 26.8 Å². The van der Waals surface area contributed by atoms with Crippen LogP contribution in [0.15, 0.2) is 29.2 Å². The van der Waals surface area contributed by atoms with E-state index < -0.39 is 9.05 Å². The first-order valence-electron chi connectivity index (χ1n) is 6.74. The van der Waals surface area contributed by atoms with Crippen LogP contribution in [0.3, 0.4) is 0 Å². The number of halogens is 1. The zero-order valence-corrected chi connectivity index (χ0v) is 13.4. The highest BCUT2D eigenvalue weighted by Gasteiger charge is 2.24. The fourth-order valence-corrected chi connectivity index (χ4v) is 3.30. The van der Waals surface area contributed by atoms with Gasteiger partial charge in [0.25, 0.3) is 15.0 Å². The molecule has 1 aliphatic rings. The van der Waals surface area contributed by atoms with E-state index in [4.69, 9.17) is 15.4 Å². The topological polar surface area (TPSA) is 63.7 Å². The van der Waals surface area contributed by atoms with Crippen molar-refractivity contribution in [1.82, 2.24) is 4.90 Å². The smallest absolute Gasteiger partial charge is 0.261 e. The highest BCUT2D eigenvalue weighted by Crippen LogP contribution is 2.21. The van der Waals surface area contributed by atoms with E-state index in [9.17, 15) is 13.2 Å². The van der Waals surface area contributed by atoms with E-state index >= 15 is 0 Å². The summed E-state index contributed by atoms with van der Waals surface area (Å²) in [6.45, 7) is 2.03. The zero-order valence-electron chi connectivity index (χ0n) is 11.8. The van der Waals surface area contributed by atoms with Crippen molar-refractivity contribution in [3.63, 3.8) is 0 Å². The van der Waals surface area contributed by atoms with Gasteiger partial charge in [0, 0.05) is 43.1 Å². The molecule has 2 rings (SSSR count). The Labute approximate surface area is 129 Å². The molecule has 1 fully saturated rings. The van der Waals surface area contributed by atoms with Crippen molar-refractivity contribution in [2.45, 2.75) is 17.7 Å². The molecule has 1 aromatic carbocycles. The van der Waals surface area contributed by atoms with Gasteiger partial charge in [0.15, 0.2) is 0 Å². The van der Waals surface area contributed by atoms with Gasteiger partial charge in [-0.1, -0.05) is 6.07 Å². The summed E-state index contributed by atoms with van der Waals surface area (Å²) in [5.74, 6) is 0.321. The lowest BCUT2D eigenvalue weighted by Crippen LogP contribution is -2.39. The van der Waals surface area contributed by atoms with Gasteiger partial charge >= 0.3 is 0 Å². The fraction of sp³-hybridized carbons (Fsp3) is 0.500. The molecule has 0 atom stereocenters. The van der Waals surface area contributed by atoms with Crippen LogP contribution in [-0.2, 0) is 13.8 Å². The number of amides is 1. The number of likely N-dealkylation sites (tertiary alicyclic amines) is 1. The molecular formula is C14H18ClNO4S. The van der Waals surface area contributed by atoms with E-state index in [1.165, 1.54) is 18.2 Å². The Hall–Kier alpha value is -1.11. The lowest BCUT2D eigenvalue weighted by atomic mass is 9.97. The van der Waals surface area contributed by atoms with Crippen LogP contribution >= 0.6 is 10.7 Å². The van der Waals surface area contributed by atoms with Crippen molar-refractivity contribution in [2.24, 2.45) is 5.92 Å². The van der Waals surface area contributed by atoms with Crippen LogP contribution < -0.4 is 0 Å². The second-order valence-corrected chi connectivity index (χ2v) is 7.72. The third kappa shape index (κ3) is 4.18. The number of piperidine rings is 1. The van der Waals surface area contributed by atoms with Gasteiger partial charge in [0.05, 0.1) is 4.90 Å². The van der Waals surface area contributed by atoms with E-state index in [0.717, 1.165) is 12.8 Å². The Morgan fingerprint density at radius 2 is 2.05 bits per heavy atom. The molecule has 116 valence electrons. The highest BCUT2D eigenvalue weighted by molar-refractivity contribution is 8.13. The summed E-state index contributed by atoms with van der Waals surface area (Å²) in [6, 6.07) is 5.84. The summed E-state index contributed by atoms with van der Waals surface area (Å²) in [5, 5.41) is 0. The molecule has 1 aromatic rings. The molecular weight excluding hydrogens is 314 g/mol. The Morgan fingerprint density at radius 3 is 2.62 bits per heavy atom. The number of carbonyl (C=O) groups is 1. The van der Waals surface area contributed by atoms with Gasteiger partial charge in [-0.05, 0) is 37.0 Å². The number of hydrogen-bond acceptors (Lipinski definition) is 4. The Balaban J connectivity index is 2.08. The summed E-state index contributed by atoms with van der Waals surface area (Å²) in [7, 11) is 3.16. The average molecular weight is 332 g/mol. The van der Waals surface area contributed by atoms with E-state index in [1.807, 2.05) is 0 Å². The van der Waals surface area contributed by atoms with Gasteiger partial charge < -0.3 is 9.64 Å². The number of hydrogen-bond donors (Lipinski definition) is 0. The van der Waals surface area contributed by atoms with Crippen LogP contribution in [0.1, 0.15) is 23.2 Å². The predicted molar refractivity (Wildman–Crippen MR) is 80.0 cm³/mol. The Kier molecular flexibility index (Phi) is 5.24. The molecule has 0 N–H and O–H groups in total. The molecule has 0 spiro atoms. The number of rotatable bonds is 4. The Morgan fingerprint density at radius 1 is 1.38 bits per heavy atom. The van der Waals surface area contributed by atoms with Crippen LogP contribution in [0.4, 0.5) is 0 Å². The summed E-state index contributed by atoms with van der Waals surface area (Å²) in [5.41, 5.74) is 0.349. The standard InChI is InChI=1S/C14H18ClNO4S/c1-20-10-11-5-7-16(8-6-11)14(17)12-3-2-4-13(9-12)21(15,18)19/h2-4,9,11H,5-8,10H2,1H3. The van der Waals surface area contributed by atoms with Crippen LogP contribution in [0, 0.1) is 5.92 Å². The third-order valence-corrected chi connectivity index (χ3v) is 5.02. The Bertz CT molecular complexity index is 609. The van der Waals surface area contributed by atoms with Gasteiger partial charge in [-0.3, -0.25) is 4.79 Å². The third-order valence-electron chi connectivity index (χ3n) is 3.67. The first kappa shape index (κ1) is 16.3. The number of methoxy groups -OCH3 is 1. The quantitative estimate of drug-likeness (QED) is 0.793. The lowest BCUT2D eigenvalue weighted by Gasteiger charge is -2.31. The highest BCUT2D eigenvalue weighted by atomic mass is 35.7. The predicted octanol–water partition coefficient (Wildman–Crippen LogP) is 2.11. The molecule has 1 saturated heterocycles. The maximum absolute atomic E-state index is 12.4. The SMILES string of the molecule is COCC1CCN(C(=O)c2cccc(S(=O)(=O)Cl)c2)CC1. The molecule has 0 radical (unpaired) electrons. The van der Waals surface area contributed by atoms with E-state index in [1.54, 1.807) is 18.1 Å². The minimum Gasteiger partial charge on any atom is -0.384 e. The van der Waals surface area contributed by atoms with Gasteiger partial charge in [-0.2, -0.15) is 0 Å². The fourth-order valence-electron chi connectivity index (χ4n) is 2.50. The van der Waals surface area contributed by atoms with E-state index in [-0.39, 0.29) is 10.8 Å². The maximum Gasteiger partial charge on any atom is 0.261 e. The van der Waals surface area contributed by atoms with Crippen LogP contribution in [0.5, 0.6) is 0 Å². The number of ether oxygens (including phenoxy) is 1. The first-order valence-corrected chi connectivity index (χ1v) is 9.05. The van der Waals surface area contributed by atoms with Gasteiger partial charge in [0.2, 0.25) is 0 Å². The van der Waals surface area contributed by atoms with Crippen LogP contribution in [-0.4, -0.2) is 46.0 Å². The van der Waals surface area contributed by atoms with Crippen molar-refractivity contribution in [1.29, 1.82) is 0 Å². The van der Waals surface area contributed by atoms with Gasteiger partial charge in [-0.15, -0.1) is 0 Å². The number of nitrogens with zero attached hydrogens (tertiary/aromatic N) is 1. The van der Waals surface area contributed by atoms with Crippen molar-refractivity contribution in [3.05, 3.63) is 29.8 Å². The lowest BCUT2D eigenvalue weighted by molar-refractivity contribution is 0.0613. The maximum atomic E-state index is 12.4. The minimum absolute atomic E-state index is 0.0516. The van der Waals surface area contributed by atoms with E-state index in [2.05, 4.69) is 0 Å². The summed E-state index contributed by atoms with van der Waals surface area (Å²) in [6.07, 6.45) is 1.79. The number of benzene rings is 1. The van der Waals surface area contributed by atoms with Gasteiger partial charge in [-0.25, -0.2) is 8.42 Å². The molecule has 0 unspecified atom stereocenters. The monoisotopic (exact) mass is 331 g/mol. The van der Waals surface area contributed by atoms with Crippen LogP contribution in [0.25, 0.3) is 0 Å². The molecule has 1 aliphatic heterocycles. The van der Waals surface area contributed by atoms with Crippen molar-refractivity contribution >= 4 is 25.6 Å². The molecule has 1 heterocycles. The molecule has 21 heavy (non-hydrogen) atoms. The summed E-state index contributed by atoms with van der Waals surface area (Å²) in [4.78, 5) is 14.1. The summed E-state index contributed by atoms with van der Waals surface area (Å²) < 4.78 is 27.8. The minimum atomic E-state index is -3.82. The number of carbonyl (C=O) groups excluding carboxylic acids is 1. The van der Waals surface area contributed by atoms with Crippen molar-refractivity contribution in [3.8, 4) is 0 Å². The molecule has 7 heteroatoms.